The van der Waals surface area contributed by atoms with Crippen molar-refractivity contribution < 1.29 is 9.59 Å². The van der Waals surface area contributed by atoms with Gasteiger partial charge < -0.3 is 10.6 Å². The van der Waals surface area contributed by atoms with E-state index in [1.165, 1.54) is 11.3 Å². The molecule has 0 radical (unpaired) electrons. The zero-order chi connectivity index (χ0) is 21.6. The van der Waals surface area contributed by atoms with Gasteiger partial charge in [0, 0.05) is 21.7 Å². The van der Waals surface area contributed by atoms with Gasteiger partial charge in [-0.25, -0.2) is 0 Å². The lowest BCUT2D eigenvalue weighted by molar-refractivity contribution is -0.115. The zero-order valence-corrected chi connectivity index (χ0v) is 18.0. The van der Waals surface area contributed by atoms with Crippen molar-refractivity contribution in [1.29, 1.82) is 0 Å². The lowest BCUT2D eigenvalue weighted by Crippen LogP contribution is -2.18. The molecule has 0 aliphatic heterocycles. The summed E-state index contributed by atoms with van der Waals surface area (Å²) in [6, 6.07) is 26.1. The van der Waals surface area contributed by atoms with Crippen LogP contribution in [-0.2, 0) is 11.2 Å². The van der Waals surface area contributed by atoms with Gasteiger partial charge in [0.25, 0.3) is 5.91 Å². The third-order valence-corrected chi connectivity index (χ3v) is 5.78. The number of carbonyl (C=O) groups excluding carboxylic acids is 2. The summed E-state index contributed by atoms with van der Waals surface area (Å²) in [5.74, 6) is -0.484. The molecule has 0 bridgehead atoms. The molecule has 1 aromatic heterocycles. The minimum Gasteiger partial charge on any atom is -0.322 e. The van der Waals surface area contributed by atoms with Gasteiger partial charge in [0.15, 0.2) is 0 Å². The Hall–Kier alpha value is -3.41. The second kappa shape index (κ2) is 9.60. The number of benzene rings is 3. The summed E-state index contributed by atoms with van der Waals surface area (Å²) in [5, 5.41) is 8.74. The molecule has 4 rings (SSSR count). The van der Waals surface area contributed by atoms with E-state index in [4.69, 9.17) is 11.6 Å². The molecule has 31 heavy (non-hydrogen) atoms. The molecule has 0 aliphatic carbocycles. The number of hydrogen-bond acceptors (Lipinski definition) is 3. The smallest absolute Gasteiger partial charge is 0.259 e. The Balaban J connectivity index is 1.64. The van der Waals surface area contributed by atoms with E-state index in [1.54, 1.807) is 24.3 Å². The van der Waals surface area contributed by atoms with E-state index < -0.39 is 0 Å². The first kappa shape index (κ1) is 20.8. The molecule has 0 fully saturated rings. The van der Waals surface area contributed by atoms with Crippen molar-refractivity contribution >= 4 is 45.4 Å². The summed E-state index contributed by atoms with van der Waals surface area (Å²) in [4.78, 5) is 25.9. The molecule has 4 nitrogen and oxygen atoms in total. The Morgan fingerprint density at radius 3 is 2.26 bits per heavy atom. The average Bonchev–Trinajstić information content (AvgIpc) is 3.18. The third-order valence-electron chi connectivity index (χ3n) is 4.65. The Morgan fingerprint density at radius 1 is 0.839 bits per heavy atom. The lowest BCUT2D eigenvalue weighted by atomic mass is 10.0. The molecule has 0 spiro atoms. The maximum atomic E-state index is 13.2. The monoisotopic (exact) mass is 446 g/mol. The zero-order valence-electron chi connectivity index (χ0n) is 16.5. The number of anilines is 2. The molecule has 6 heteroatoms. The van der Waals surface area contributed by atoms with Crippen molar-refractivity contribution in [3.8, 4) is 11.1 Å². The molecular formula is C25H19ClN2O2S. The summed E-state index contributed by atoms with van der Waals surface area (Å²) >= 11 is 7.38. The molecule has 0 unspecified atom stereocenters. The van der Waals surface area contributed by atoms with Crippen LogP contribution in [0.3, 0.4) is 0 Å². The standard InChI is InChI=1S/C25H19ClN2O2S/c26-19-12-7-13-20(15-19)27-24(30)23-21(18-10-5-2-6-11-18)16-31-25(23)28-22(29)14-17-8-3-1-4-9-17/h1-13,15-16H,14H2,(H,27,30)(H,28,29). The molecule has 4 aromatic rings. The largest absolute Gasteiger partial charge is 0.322 e. The summed E-state index contributed by atoms with van der Waals surface area (Å²) in [6.45, 7) is 0. The number of carbonyl (C=O) groups is 2. The summed E-state index contributed by atoms with van der Waals surface area (Å²) in [5.41, 5.74) is 3.59. The highest BCUT2D eigenvalue weighted by Gasteiger charge is 2.22. The van der Waals surface area contributed by atoms with Gasteiger partial charge in [0.1, 0.15) is 5.00 Å². The Labute approximate surface area is 189 Å². The third kappa shape index (κ3) is 5.20. The molecular weight excluding hydrogens is 428 g/mol. The van der Waals surface area contributed by atoms with E-state index in [0.29, 0.717) is 21.3 Å². The van der Waals surface area contributed by atoms with Gasteiger partial charge in [0.2, 0.25) is 5.91 Å². The van der Waals surface area contributed by atoms with Crippen molar-refractivity contribution in [2.45, 2.75) is 6.42 Å². The quantitative estimate of drug-likeness (QED) is 0.355. The number of amides is 2. The minimum absolute atomic E-state index is 0.176. The van der Waals surface area contributed by atoms with E-state index in [-0.39, 0.29) is 18.2 Å². The number of halogens is 1. The van der Waals surface area contributed by atoms with Crippen molar-refractivity contribution in [3.63, 3.8) is 0 Å². The second-order valence-corrected chi connectivity index (χ2v) is 8.21. The van der Waals surface area contributed by atoms with Gasteiger partial charge in [-0.05, 0) is 29.3 Å². The van der Waals surface area contributed by atoms with E-state index in [1.807, 2.05) is 66.0 Å². The molecule has 0 saturated carbocycles. The molecule has 1 heterocycles. The van der Waals surface area contributed by atoms with Gasteiger partial charge in [-0.3, -0.25) is 9.59 Å². The fourth-order valence-electron chi connectivity index (χ4n) is 3.22. The van der Waals surface area contributed by atoms with Crippen LogP contribution < -0.4 is 10.6 Å². The molecule has 2 N–H and O–H groups in total. The van der Waals surface area contributed by atoms with Gasteiger partial charge >= 0.3 is 0 Å². The van der Waals surface area contributed by atoms with Crippen molar-refractivity contribution in [3.05, 3.63) is 106 Å². The van der Waals surface area contributed by atoms with Crippen molar-refractivity contribution in [2.24, 2.45) is 0 Å². The SMILES string of the molecule is O=C(Cc1ccccc1)Nc1scc(-c2ccccc2)c1C(=O)Nc1cccc(Cl)c1. The van der Waals surface area contributed by atoms with Gasteiger partial charge in [0.05, 0.1) is 12.0 Å². The molecule has 2 amide bonds. The van der Waals surface area contributed by atoms with Crippen LogP contribution in [0.25, 0.3) is 11.1 Å². The Morgan fingerprint density at radius 2 is 1.55 bits per heavy atom. The normalized spacial score (nSPS) is 10.5. The van der Waals surface area contributed by atoms with E-state index in [2.05, 4.69) is 10.6 Å². The first-order valence-corrected chi connectivity index (χ1v) is 10.9. The first-order chi connectivity index (χ1) is 15.1. The Kier molecular flexibility index (Phi) is 6.46. The number of hydrogen-bond donors (Lipinski definition) is 2. The van der Waals surface area contributed by atoms with Gasteiger partial charge in [-0.2, -0.15) is 0 Å². The second-order valence-electron chi connectivity index (χ2n) is 6.89. The van der Waals surface area contributed by atoms with Gasteiger partial charge in [-0.1, -0.05) is 78.3 Å². The van der Waals surface area contributed by atoms with Crippen LogP contribution in [0.5, 0.6) is 0 Å². The minimum atomic E-state index is -0.308. The van der Waals surface area contributed by atoms with Crippen LogP contribution in [0.15, 0.2) is 90.3 Å². The van der Waals surface area contributed by atoms with Crippen molar-refractivity contribution in [1.82, 2.24) is 0 Å². The summed E-state index contributed by atoms with van der Waals surface area (Å²) in [6.07, 6.45) is 0.231. The highest BCUT2D eigenvalue weighted by Crippen LogP contribution is 2.36. The first-order valence-electron chi connectivity index (χ1n) is 9.68. The average molecular weight is 447 g/mol. The summed E-state index contributed by atoms with van der Waals surface area (Å²) in [7, 11) is 0. The van der Waals surface area contributed by atoms with Crippen LogP contribution in [0.1, 0.15) is 15.9 Å². The molecule has 0 atom stereocenters. The van der Waals surface area contributed by atoms with Crippen LogP contribution in [0, 0.1) is 0 Å². The maximum Gasteiger partial charge on any atom is 0.259 e. The van der Waals surface area contributed by atoms with Crippen LogP contribution in [-0.4, -0.2) is 11.8 Å². The molecule has 154 valence electrons. The molecule has 0 aliphatic rings. The van der Waals surface area contributed by atoms with Crippen LogP contribution >= 0.6 is 22.9 Å². The fourth-order valence-corrected chi connectivity index (χ4v) is 4.39. The number of nitrogens with one attached hydrogen (secondary N) is 2. The van der Waals surface area contributed by atoms with E-state index >= 15 is 0 Å². The van der Waals surface area contributed by atoms with Crippen LogP contribution in [0.2, 0.25) is 5.02 Å². The van der Waals surface area contributed by atoms with E-state index in [0.717, 1.165) is 16.7 Å². The fraction of sp³-hybridized carbons (Fsp3) is 0.0400. The number of thiophene rings is 1. The topological polar surface area (TPSA) is 58.2 Å². The van der Waals surface area contributed by atoms with Crippen molar-refractivity contribution in [2.75, 3.05) is 10.6 Å². The van der Waals surface area contributed by atoms with E-state index in [9.17, 15) is 9.59 Å². The van der Waals surface area contributed by atoms with Gasteiger partial charge in [-0.15, -0.1) is 11.3 Å². The predicted octanol–water partition coefficient (Wildman–Crippen LogP) is 6.50. The van der Waals surface area contributed by atoms with Crippen LogP contribution in [0.4, 0.5) is 10.7 Å². The highest BCUT2D eigenvalue weighted by atomic mass is 35.5. The maximum absolute atomic E-state index is 13.2. The summed E-state index contributed by atoms with van der Waals surface area (Å²) < 4.78 is 0. The lowest BCUT2D eigenvalue weighted by Gasteiger charge is -2.11. The highest BCUT2D eigenvalue weighted by molar-refractivity contribution is 7.15. The predicted molar refractivity (Wildman–Crippen MR) is 128 cm³/mol. The Bertz CT molecular complexity index is 1210. The number of rotatable bonds is 6. The molecule has 3 aromatic carbocycles. The molecule has 0 saturated heterocycles.